The number of fused-ring (bicyclic) bond motifs is 1. The number of aryl methyl sites for hydroxylation is 2. The summed E-state index contributed by atoms with van der Waals surface area (Å²) in [5.74, 6) is -0.478. The van der Waals surface area contributed by atoms with Crippen molar-refractivity contribution in [1.29, 1.82) is 0 Å². The van der Waals surface area contributed by atoms with E-state index in [1.165, 1.54) is 11.3 Å². The third kappa shape index (κ3) is 3.25. The molecule has 0 saturated carbocycles. The molecule has 1 aromatic carbocycles. The second kappa shape index (κ2) is 6.59. The van der Waals surface area contributed by atoms with Crippen molar-refractivity contribution < 1.29 is 9.90 Å². The van der Waals surface area contributed by atoms with E-state index in [2.05, 4.69) is 10.3 Å². The number of carbonyl (C=O) groups excluding carboxylic acids is 1. The van der Waals surface area contributed by atoms with E-state index in [4.69, 9.17) is 0 Å². The third-order valence-corrected chi connectivity index (χ3v) is 5.04. The molecule has 0 aliphatic rings. The minimum absolute atomic E-state index is 0.0540. The van der Waals surface area contributed by atoms with Gasteiger partial charge in [0.25, 0.3) is 11.5 Å². The lowest BCUT2D eigenvalue weighted by atomic mass is 10.1. The Morgan fingerprint density at radius 2 is 2.04 bits per heavy atom. The van der Waals surface area contributed by atoms with Gasteiger partial charge in [-0.2, -0.15) is 0 Å². The maximum atomic E-state index is 12.3. The average molecular weight is 342 g/mol. The molecule has 0 bridgehead atoms. The standard InChI is InChI=1S/C18H18N2O3S/c1-10-7-11(2)20-18(23)16(10)17(22)19-9-13(21)15-8-12-5-3-4-6-14(12)24-15/h3-8,13,21H,9H2,1-2H3,(H,19,22)(H,20,23)/t13-/m0/s1. The number of hydrogen-bond acceptors (Lipinski definition) is 4. The molecule has 0 aliphatic carbocycles. The van der Waals surface area contributed by atoms with E-state index >= 15 is 0 Å². The van der Waals surface area contributed by atoms with Crippen LogP contribution in [0.25, 0.3) is 10.1 Å². The van der Waals surface area contributed by atoms with Gasteiger partial charge >= 0.3 is 0 Å². The van der Waals surface area contributed by atoms with E-state index in [1.54, 1.807) is 19.9 Å². The Morgan fingerprint density at radius 1 is 1.29 bits per heavy atom. The van der Waals surface area contributed by atoms with Crippen LogP contribution in [0, 0.1) is 13.8 Å². The average Bonchev–Trinajstić information content (AvgIpc) is 2.95. The minimum atomic E-state index is -0.809. The number of thiophene rings is 1. The second-order valence-electron chi connectivity index (χ2n) is 5.75. The second-order valence-corrected chi connectivity index (χ2v) is 6.87. The van der Waals surface area contributed by atoms with Crippen LogP contribution in [0.5, 0.6) is 0 Å². The first-order valence-electron chi connectivity index (χ1n) is 7.61. The molecule has 2 aromatic heterocycles. The van der Waals surface area contributed by atoms with Gasteiger partial charge in [-0.3, -0.25) is 9.59 Å². The Bertz CT molecular complexity index is 925. The number of rotatable bonds is 4. The van der Waals surface area contributed by atoms with Gasteiger partial charge in [-0.25, -0.2) is 0 Å². The fraction of sp³-hybridized carbons (Fsp3) is 0.222. The summed E-state index contributed by atoms with van der Waals surface area (Å²) in [6.45, 7) is 3.54. The number of carbonyl (C=O) groups is 1. The van der Waals surface area contributed by atoms with Crippen LogP contribution in [-0.2, 0) is 0 Å². The summed E-state index contributed by atoms with van der Waals surface area (Å²) in [7, 11) is 0. The summed E-state index contributed by atoms with van der Waals surface area (Å²) >= 11 is 1.49. The van der Waals surface area contributed by atoms with Crippen molar-refractivity contribution in [2.45, 2.75) is 20.0 Å². The molecule has 124 valence electrons. The SMILES string of the molecule is Cc1cc(C)c(C(=O)NC[C@H](O)c2cc3ccccc3s2)c(=O)[nH]1. The number of pyridine rings is 1. The molecule has 3 aromatic rings. The van der Waals surface area contributed by atoms with Crippen LogP contribution in [-0.4, -0.2) is 22.5 Å². The molecule has 5 nitrogen and oxygen atoms in total. The number of nitrogens with one attached hydrogen (secondary N) is 2. The molecule has 6 heteroatoms. The number of aliphatic hydroxyl groups excluding tert-OH is 1. The molecular formula is C18H18N2O3S. The van der Waals surface area contributed by atoms with Crippen LogP contribution in [0.15, 0.2) is 41.2 Å². The number of aliphatic hydroxyl groups is 1. The van der Waals surface area contributed by atoms with Gasteiger partial charge in [0.1, 0.15) is 11.7 Å². The summed E-state index contributed by atoms with van der Waals surface area (Å²) in [6.07, 6.45) is -0.809. The van der Waals surface area contributed by atoms with Crippen molar-refractivity contribution in [3.63, 3.8) is 0 Å². The van der Waals surface area contributed by atoms with E-state index < -0.39 is 17.6 Å². The summed E-state index contributed by atoms with van der Waals surface area (Å²) < 4.78 is 1.09. The molecular weight excluding hydrogens is 324 g/mol. The highest BCUT2D eigenvalue weighted by atomic mass is 32.1. The molecule has 1 amide bonds. The van der Waals surface area contributed by atoms with E-state index in [9.17, 15) is 14.7 Å². The molecule has 0 fully saturated rings. The van der Waals surface area contributed by atoms with E-state index in [0.29, 0.717) is 11.3 Å². The van der Waals surface area contributed by atoms with Gasteiger partial charge in [-0.1, -0.05) is 18.2 Å². The van der Waals surface area contributed by atoms with Crippen molar-refractivity contribution >= 4 is 27.3 Å². The summed E-state index contributed by atoms with van der Waals surface area (Å²) in [4.78, 5) is 27.6. The van der Waals surface area contributed by atoms with Crippen LogP contribution in [0.4, 0.5) is 0 Å². The molecule has 0 unspecified atom stereocenters. The van der Waals surface area contributed by atoms with Gasteiger partial charge in [-0.05, 0) is 43.0 Å². The maximum absolute atomic E-state index is 12.3. The molecule has 1 atom stereocenters. The molecule has 3 N–H and O–H groups in total. The smallest absolute Gasteiger partial charge is 0.261 e. The van der Waals surface area contributed by atoms with Crippen molar-refractivity contribution in [1.82, 2.24) is 10.3 Å². The first kappa shape index (κ1) is 16.4. The predicted molar refractivity (Wildman–Crippen MR) is 95.7 cm³/mol. The van der Waals surface area contributed by atoms with Crippen molar-refractivity contribution in [3.8, 4) is 0 Å². The van der Waals surface area contributed by atoms with Crippen LogP contribution < -0.4 is 10.9 Å². The summed E-state index contributed by atoms with van der Waals surface area (Å²) in [5, 5.41) is 14.0. The van der Waals surface area contributed by atoms with Crippen molar-refractivity contribution in [2.24, 2.45) is 0 Å². The largest absolute Gasteiger partial charge is 0.386 e. The first-order valence-corrected chi connectivity index (χ1v) is 8.42. The quantitative estimate of drug-likeness (QED) is 0.682. The number of hydrogen-bond donors (Lipinski definition) is 3. The highest BCUT2D eigenvalue weighted by Gasteiger charge is 2.17. The molecule has 2 heterocycles. The topological polar surface area (TPSA) is 82.2 Å². The lowest BCUT2D eigenvalue weighted by molar-refractivity contribution is 0.0916. The number of H-pyrrole nitrogens is 1. The predicted octanol–water partition coefficient (Wildman–Crippen LogP) is 2.67. The van der Waals surface area contributed by atoms with Crippen molar-refractivity contribution in [2.75, 3.05) is 6.54 Å². The molecule has 0 spiro atoms. The van der Waals surface area contributed by atoms with E-state index in [0.717, 1.165) is 15.0 Å². The lowest BCUT2D eigenvalue weighted by Crippen LogP contribution is -2.33. The lowest BCUT2D eigenvalue weighted by Gasteiger charge is -2.11. The fourth-order valence-electron chi connectivity index (χ4n) is 2.68. The summed E-state index contributed by atoms with van der Waals surface area (Å²) in [6, 6.07) is 11.5. The molecule has 0 saturated heterocycles. The Balaban J connectivity index is 1.73. The zero-order chi connectivity index (χ0) is 17.3. The molecule has 0 radical (unpaired) electrons. The van der Waals surface area contributed by atoms with Gasteiger partial charge in [0, 0.05) is 21.8 Å². The normalized spacial score (nSPS) is 12.3. The molecule has 0 aliphatic heterocycles. The van der Waals surface area contributed by atoms with Gasteiger partial charge in [-0.15, -0.1) is 11.3 Å². The van der Waals surface area contributed by atoms with Crippen LogP contribution in [0.1, 0.15) is 32.6 Å². The molecule has 3 rings (SSSR count). The van der Waals surface area contributed by atoms with E-state index in [-0.39, 0.29) is 12.1 Å². The van der Waals surface area contributed by atoms with Crippen LogP contribution in [0.2, 0.25) is 0 Å². The van der Waals surface area contributed by atoms with Gasteiger partial charge in [0.2, 0.25) is 0 Å². The van der Waals surface area contributed by atoms with Gasteiger partial charge in [0.15, 0.2) is 0 Å². The highest BCUT2D eigenvalue weighted by molar-refractivity contribution is 7.19. The Hall–Kier alpha value is -2.44. The molecule has 24 heavy (non-hydrogen) atoms. The number of aromatic amines is 1. The zero-order valence-electron chi connectivity index (χ0n) is 13.4. The van der Waals surface area contributed by atoms with Crippen LogP contribution in [0.3, 0.4) is 0 Å². The maximum Gasteiger partial charge on any atom is 0.261 e. The van der Waals surface area contributed by atoms with E-state index in [1.807, 2.05) is 30.3 Å². The Morgan fingerprint density at radius 3 is 2.75 bits per heavy atom. The third-order valence-electron chi connectivity index (χ3n) is 3.82. The van der Waals surface area contributed by atoms with Gasteiger partial charge < -0.3 is 15.4 Å². The fourth-order valence-corrected chi connectivity index (χ4v) is 3.73. The number of amides is 1. The first-order chi connectivity index (χ1) is 11.5. The monoisotopic (exact) mass is 342 g/mol. The number of aromatic nitrogens is 1. The minimum Gasteiger partial charge on any atom is -0.386 e. The van der Waals surface area contributed by atoms with Gasteiger partial charge in [0.05, 0.1) is 0 Å². The summed E-state index contributed by atoms with van der Waals surface area (Å²) in [5.41, 5.74) is 0.995. The van der Waals surface area contributed by atoms with Crippen molar-refractivity contribution in [3.05, 3.63) is 68.4 Å². The van der Waals surface area contributed by atoms with Crippen LogP contribution >= 0.6 is 11.3 Å². The zero-order valence-corrected chi connectivity index (χ0v) is 14.2. The Labute approximate surface area is 143 Å². The Kier molecular flexibility index (Phi) is 4.51. The number of benzene rings is 1. The highest BCUT2D eigenvalue weighted by Crippen LogP contribution is 2.29.